The standard InChI is InChI=1S/C19H24N2O/c1-4-21(18-12-8-9-15(2)13-18)14-19(22)20-16(3)17-10-6-5-7-11-17/h5-13,16H,4,14H2,1-3H3,(H,20,22). The first-order valence-corrected chi connectivity index (χ1v) is 7.76. The molecule has 2 aromatic carbocycles. The van der Waals surface area contributed by atoms with Crippen LogP contribution < -0.4 is 10.2 Å². The highest BCUT2D eigenvalue weighted by Gasteiger charge is 2.13. The molecule has 3 nitrogen and oxygen atoms in total. The zero-order valence-electron chi connectivity index (χ0n) is 13.5. The smallest absolute Gasteiger partial charge is 0.239 e. The van der Waals surface area contributed by atoms with Crippen molar-refractivity contribution < 1.29 is 4.79 Å². The lowest BCUT2D eigenvalue weighted by molar-refractivity contribution is -0.120. The van der Waals surface area contributed by atoms with E-state index in [1.54, 1.807) is 0 Å². The topological polar surface area (TPSA) is 32.3 Å². The Hall–Kier alpha value is -2.29. The molecule has 0 heterocycles. The minimum atomic E-state index is 0.0184. The summed E-state index contributed by atoms with van der Waals surface area (Å²) in [6.45, 7) is 7.31. The van der Waals surface area contributed by atoms with Crippen molar-refractivity contribution in [3.63, 3.8) is 0 Å². The van der Waals surface area contributed by atoms with Gasteiger partial charge >= 0.3 is 0 Å². The minimum Gasteiger partial charge on any atom is -0.362 e. The highest BCUT2D eigenvalue weighted by atomic mass is 16.2. The summed E-state index contributed by atoms with van der Waals surface area (Å²) >= 11 is 0. The van der Waals surface area contributed by atoms with E-state index < -0.39 is 0 Å². The fraction of sp³-hybridized carbons (Fsp3) is 0.316. The summed E-state index contributed by atoms with van der Waals surface area (Å²) in [7, 11) is 0. The molecule has 0 bridgehead atoms. The Morgan fingerprint density at radius 1 is 1.14 bits per heavy atom. The number of anilines is 1. The fourth-order valence-electron chi connectivity index (χ4n) is 2.50. The van der Waals surface area contributed by atoms with Crippen LogP contribution >= 0.6 is 0 Å². The number of carbonyl (C=O) groups is 1. The van der Waals surface area contributed by atoms with Crippen LogP contribution in [0.2, 0.25) is 0 Å². The van der Waals surface area contributed by atoms with E-state index in [0.29, 0.717) is 6.54 Å². The maximum atomic E-state index is 12.3. The van der Waals surface area contributed by atoms with E-state index in [2.05, 4.69) is 36.2 Å². The van der Waals surface area contributed by atoms with Crippen LogP contribution in [-0.2, 0) is 4.79 Å². The highest BCUT2D eigenvalue weighted by molar-refractivity contribution is 5.81. The average molecular weight is 296 g/mol. The molecular weight excluding hydrogens is 272 g/mol. The first-order valence-electron chi connectivity index (χ1n) is 7.76. The summed E-state index contributed by atoms with van der Waals surface area (Å²) < 4.78 is 0. The van der Waals surface area contributed by atoms with Gasteiger partial charge in [0.15, 0.2) is 0 Å². The van der Waals surface area contributed by atoms with Crippen LogP contribution in [0.3, 0.4) is 0 Å². The third-order valence-electron chi connectivity index (χ3n) is 3.76. The maximum Gasteiger partial charge on any atom is 0.239 e. The number of benzene rings is 2. The normalized spacial score (nSPS) is 11.8. The number of carbonyl (C=O) groups excluding carboxylic acids is 1. The number of rotatable bonds is 6. The van der Waals surface area contributed by atoms with Gasteiger partial charge in [-0.2, -0.15) is 0 Å². The third-order valence-corrected chi connectivity index (χ3v) is 3.76. The molecule has 0 spiro atoms. The second-order valence-corrected chi connectivity index (χ2v) is 5.55. The van der Waals surface area contributed by atoms with Gasteiger partial charge < -0.3 is 10.2 Å². The van der Waals surface area contributed by atoms with Crippen molar-refractivity contribution in [1.82, 2.24) is 5.32 Å². The van der Waals surface area contributed by atoms with Crippen molar-refractivity contribution >= 4 is 11.6 Å². The molecule has 1 N–H and O–H groups in total. The molecule has 116 valence electrons. The van der Waals surface area contributed by atoms with Gasteiger partial charge in [0.2, 0.25) is 5.91 Å². The Morgan fingerprint density at radius 2 is 1.86 bits per heavy atom. The molecule has 0 aliphatic carbocycles. The number of hydrogen-bond donors (Lipinski definition) is 1. The molecule has 0 fully saturated rings. The Bertz CT molecular complexity index is 610. The molecule has 1 atom stereocenters. The molecule has 0 saturated heterocycles. The van der Waals surface area contributed by atoms with Crippen LogP contribution in [0.5, 0.6) is 0 Å². The molecule has 0 aliphatic heterocycles. The van der Waals surface area contributed by atoms with Crippen LogP contribution in [0.4, 0.5) is 5.69 Å². The van der Waals surface area contributed by atoms with Crippen LogP contribution in [-0.4, -0.2) is 19.0 Å². The van der Waals surface area contributed by atoms with E-state index in [9.17, 15) is 4.79 Å². The Kier molecular flexibility index (Phi) is 5.59. The van der Waals surface area contributed by atoms with E-state index in [-0.39, 0.29) is 11.9 Å². The molecule has 2 rings (SSSR count). The summed E-state index contributed by atoms with van der Waals surface area (Å²) in [4.78, 5) is 14.4. The van der Waals surface area contributed by atoms with E-state index in [1.165, 1.54) is 5.56 Å². The van der Waals surface area contributed by atoms with E-state index in [0.717, 1.165) is 17.8 Å². The minimum absolute atomic E-state index is 0.0184. The molecule has 3 heteroatoms. The SMILES string of the molecule is CCN(CC(=O)NC(C)c1ccccc1)c1cccc(C)c1. The third kappa shape index (κ3) is 4.35. The Balaban J connectivity index is 1.98. The van der Waals surface area contributed by atoms with Gasteiger partial charge in [0.25, 0.3) is 0 Å². The lowest BCUT2D eigenvalue weighted by atomic mass is 10.1. The van der Waals surface area contributed by atoms with Crippen molar-refractivity contribution in [2.75, 3.05) is 18.0 Å². The molecule has 1 amide bonds. The number of nitrogens with one attached hydrogen (secondary N) is 1. The molecule has 2 aromatic rings. The van der Waals surface area contributed by atoms with Crippen molar-refractivity contribution in [1.29, 1.82) is 0 Å². The molecule has 1 unspecified atom stereocenters. The molecular formula is C19H24N2O. The van der Waals surface area contributed by atoms with Crippen LogP contribution in [0.1, 0.15) is 31.0 Å². The number of likely N-dealkylation sites (N-methyl/N-ethyl adjacent to an activating group) is 1. The predicted octanol–water partition coefficient (Wildman–Crippen LogP) is 3.70. The zero-order chi connectivity index (χ0) is 15.9. The number of amides is 1. The van der Waals surface area contributed by atoms with Crippen molar-refractivity contribution in [3.05, 3.63) is 65.7 Å². The zero-order valence-corrected chi connectivity index (χ0v) is 13.5. The average Bonchev–Trinajstić information content (AvgIpc) is 2.53. The van der Waals surface area contributed by atoms with Crippen molar-refractivity contribution in [2.24, 2.45) is 0 Å². The van der Waals surface area contributed by atoms with Gasteiger partial charge in [-0.3, -0.25) is 4.79 Å². The van der Waals surface area contributed by atoms with E-state index in [4.69, 9.17) is 0 Å². The van der Waals surface area contributed by atoms with E-state index >= 15 is 0 Å². The summed E-state index contributed by atoms with van der Waals surface area (Å²) in [6.07, 6.45) is 0. The molecule has 0 radical (unpaired) electrons. The lowest BCUT2D eigenvalue weighted by Gasteiger charge is -2.24. The van der Waals surface area contributed by atoms with Gasteiger partial charge in [0.05, 0.1) is 12.6 Å². The molecule has 0 aromatic heterocycles. The second kappa shape index (κ2) is 7.64. The van der Waals surface area contributed by atoms with Crippen molar-refractivity contribution in [3.8, 4) is 0 Å². The second-order valence-electron chi connectivity index (χ2n) is 5.55. The Labute approximate surface area is 133 Å². The number of hydrogen-bond acceptors (Lipinski definition) is 2. The van der Waals surface area contributed by atoms with Gasteiger partial charge in [-0.05, 0) is 44.0 Å². The first-order chi connectivity index (χ1) is 10.6. The summed E-state index contributed by atoms with van der Waals surface area (Å²) in [5.41, 5.74) is 3.41. The quantitative estimate of drug-likeness (QED) is 0.881. The summed E-state index contributed by atoms with van der Waals surface area (Å²) in [5.74, 6) is 0.0414. The van der Waals surface area contributed by atoms with Gasteiger partial charge in [-0.1, -0.05) is 42.5 Å². The lowest BCUT2D eigenvalue weighted by Crippen LogP contribution is -2.38. The van der Waals surface area contributed by atoms with Gasteiger partial charge in [-0.25, -0.2) is 0 Å². The summed E-state index contributed by atoms with van der Waals surface area (Å²) in [5, 5.41) is 3.06. The largest absolute Gasteiger partial charge is 0.362 e. The fourth-order valence-corrected chi connectivity index (χ4v) is 2.50. The van der Waals surface area contributed by atoms with Gasteiger partial charge in [0.1, 0.15) is 0 Å². The monoisotopic (exact) mass is 296 g/mol. The first kappa shape index (κ1) is 16.1. The predicted molar refractivity (Wildman–Crippen MR) is 92.1 cm³/mol. The summed E-state index contributed by atoms with van der Waals surface area (Å²) in [6, 6.07) is 18.3. The maximum absolute atomic E-state index is 12.3. The van der Waals surface area contributed by atoms with Crippen LogP contribution in [0.25, 0.3) is 0 Å². The van der Waals surface area contributed by atoms with Crippen LogP contribution in [0, 0.1) is 6.92 Å². The van der Waals surface area contributed by atoms with Gasteiger partial charge in [0, 0.05) is 12.2 Å². The number of nitrogens with zero attached hydrogens (tertiary/aromatic N) is 1. The highest BCUT2D eigenvalue weighted by Crippen LogP contribution is 2.16. The van der Waals surface area contributed by atoms with E-state index in [1.807, 2.05) is 49.4 Å². The number of aryl methyl sites for hydroxylation is 1. The Morgan fingerprint density at radius 3 is 2.50 bits per heavy atom. The van der Waals surface area contributed by atoms with Crippen molar-refractivity contribution in [2.45, 2.75) is 26.8 Å². The molecule has 0 aliphatic rings. The van der Waals surface area contributed by atoms with Crippen LogP contribution in [0.15, 0.2) is 54.6 Å². The molecule has 0 saturated carbocycles. The van der Waals surface area contributed by atoms with Gasteiger partial charge in [-0.15, -0.1) is 0 Å². The molecule has 22 heavy (non-hydrogen) atoms.